The summed E-state index contributed by atoms with van der Waals surface area (Å²) in [7, 11) is 1.73. The van der Waals surface area contributed by atoms with Gasteiger partial charge < -0.3 is 10.6 Å². The number of aromatic nitrogens is 3. The summed E-state index contributed by atoms with van der Waals surface area (Å²) in [6.45, 7) is 3.65. The van der Waals surface area contributed by atoms with Crippen LogP contribution in [0, 0.1) is 5.41 Å². The lowest BCUT2D eigenvalue weighted by molar-refractivity contribution is 0.0944. The Morgan fingerprint density at radius 2 is 2.11 bits per heavy atom. The highest BCUT2D eigenvalue weighted by molar-refractivity contribution is 7.92. The fourth-order valence-electron chi connectivity index (χ4n) is 2.72. The minimum atomic E-state index is -0.381. The van der Waals surface area contributed by atoms with Gasteiger partial charge in [-0.15, -0.1) is 3.89 Å². The van der Waals surface area contributed by atoms with E-state index in [2.05, 4.69) is 20.6 Å². The van der Waals surface area contributed by atoms with E-state index in [0.29, 0.717) is 16.3 Å². The number of fused-ring (bicyclic) bond motifs is 1. The molecule has 2 heterocycles. The molecule has 3 rings (SSSR count). The molecule has 0 aliphatic heterocycles. The number of carbonyl (C=O) groups excluding carboxylic acids is 1. The van der Waals surface area contributed by atoms with Crippen LogP contribution in [0.3, 0.4) is 0 Å². The zero-order chi connectivity index (χ0) is 20.4. The van der Waals surface area contributed by atoms with Crippen LogP contribution in [-0.4, -0.2) is 38.6 Å². The highest BCUT2D eigenvalue weighted by Crippen LogP contribution is 2.26. The maximum absolute atomic E-state index is 13.3. The minimum Gasteiger partial charge on any atom is -0.388 e. The molecule has 146 valence electrons. The van der Waals surface area contributed by atoms with Crippen LogP contribution in [0.5, 0.6) is 0 Å². The van der Waals surface area contributed by atoms with Crippen molar-refractivity contribution in [1.29, 1.82) is 5.41 Å². The highest BCUT2D eigenvalue weighted by atomic mass is 35.5. The van der Waals surface area contributed by atoms with Crippen LogP contribution in [0.2, 0.25) is 5.02 Å². The molecule has 0 spiro atoms. The average Bonchev–Trinajstić information content (AvgIpc) is 3.04. The number of halogens is 2. The van der Waals surface area contributed by atoms with Crippen molar-refractivity contribution in [2.75, 3.05) is 12.4 Å². The molecular weight excluding hydrogens is 403 g/mol. The van der Waals surface area contributed by atoms with Crippen LogP contribution in [-0.2, 0) is 0 Å². The van der Waals surface area contributed by atoms with E-state index in [-0.39, 0.29) is 52.4 Å². The van der Waals surface area contributed by atoms with Gasteiger partial charge in [-0.1, -0.05) is 11.6 Å². The maximum atomic E-state index is 13.3. The number of carbonyl (C=O) groups is 1. The maximum Gasteiger partial charge on any atom is 0.255 e. The Bertz CT molecular complexity index is 1070. The Morgan fingerprint density at radius 1 is 1.36 bits per heavy atom. The van der Waals surface area contributed by atoms with Gasteiger partial charge in [-0.25, -0.2) is 13.9 Å². The number of amides is 1. The number of hydrogen-bond acceptors (Lipinski definition) is 6. The molecule has 0 saturated heterocycles. The van der Waals surface area contributed by atoms with Gasteiger partial charge in [0, 0.05) is 35.6 Å². The van der Waals surface area contributed by atoms with Gasteiger partial charge in [-0.05, 0) is 32.0 Å². The SMILES string of the molecule is CNc1cc(Cl)ccc1C(=N)c1cnc2c(n1)c(C(=O)NC(C)C)cn2SF. The third kappa shape index (κ3) is 3.81. The summed E-state index contributed by atoms with van der Waals surface area (Å²) in [6.07, 6.45) is 2.73. The van der Waals surface area contributed by atoms with Crippen LogP contribution in [0.1, 0.15) is 35.5 Å². The Hall–Kier alpha value is -2.65. The number of nitrogens with one attached hydrogen (secondary N) is 3. The molecule has 3 N–H and O–H groups in total. The second kappa shape index (κ2) is 8.15. The third-order valence-electron chi connectivity index (χ3n) is 3.98. The molecule has 0 bridgehead atoms. The summed E-state index contributed by atoms with van der Waals surface area (Å²) < 4.78 is 14.4. The fraction of sp³-hybridized carbons (Fsp3) is 0.222. The standard InChI is InChI=1S/C18H18ClFN6OS/c1-9(2)24-18(27)12-8-26(28-20)17-16(12)25-14(7-23-17)15(21)11-5-4-10(19)6-13(11)22-3/h4-9,21-22H,1-3H3,(H,24,27). The first-order valence-corrected chi connectivity index (χ1v) is 9.45. The van der Waals surface area contributed by atoms with E-state index in [0.717, 1.165) is 3.97 Å². The van der Waals surface area contributed by atoms with Gasteiger partial charge in [-0.3, -0.25) is 10.2 Å². The van der Waals surface area contributed by atoms with Crippen molar-refractivity contribution in [3.8, 4) is 0 Å². The van der Waals surface area contributed by atoms with Crippen molar-refractivity contribution in [3.05, 3.63) is 52.4 Å². The molecule has 10 heteroatoms. The summed E-state index contributed by atoms with van der Waals surface area (Å²) in [5.74, 6) is -0.381. The smallest absolute Gasteiger partial charge is 0.255 e. The van der Waals surface area contributed by atoms with Gasteiger partial charge in [0.2, 0.25) is 0 Å². The van der Waals surface area contributed by atoms with Gasteiger partial charge in [0.25, 0.3) is 5.91 Å². The molecule has 0 atom stereocenters. The lowest BCUT2D eigenvalue weighted by Gasteiger charge is -2.11. The van der Waals surface area contributed by atoms with Crippen LogP contribution < -0.4 is 10.6 Å². The summed E-state index contributed by atoms with van der Waals surface area (Å²) in [4.78, 5) is 21.1. The first-order valence-electron chi connectivity index (χ1n) is 8.40. The van der Waals surface area contributed by atoms with E-state index in [4.69, 9.17) is 17.0 Å². The second-order valence-electron chi connectivity index (χ2n) is 6.31. The number of hydrogen-bond donors (Lipinski definition) is 3. The van der Waals surface area contributed by atoms with Crippen LogP contribution in [0.4, 0.5) is 9.57 Å². The topological polar surface area (TPSA) is 95.7 Å². The predicted octanol–water partition coefficient (Wildman–Crippen LogP) is 4.06. The van der Waals surface area contributed by atoms with Crippen LogP contribution >= 0.6 is 23.9 Å². The number of benzene rings is 1. The van der Waals surface area contributed by atoms with Gasteiger partial charge in [0.15, 0.2) is 18.0 Å². The zero-order valence-electron chi connectivity index (χ0n) is 15.4. The first-order chi connectivity index (χ1) is 13.3. The molecule has 1 amide bonds. The Labute approximate surface area is 170 Å². The quantitative estimate of drug-likeness (QED) is 0.522. The molecule has 0 radical (unpaired) electrons. The molecule has 0 aliphatic rings. The average molecular weight is 421 g/mol. The first kappa shape index (κ1) is 20.1. The molecule has 0 aliphatic carbocycles. The van der Waals surface area contributed by atoms with Crippen molar-refractivity contribution in [1.82, 2.24) is 19.3 Å². The predicted molar refractivity (Wildman–Crippen MR) is 111 cm³/mol. The number of nitrogens with zero attached hydrogens (tertiary/aromatic N) is 3. The zero-order valence-corrected chi connectivity index (χ0v) is 17.0. The fourth-order valence-corrected chi connectivity index (χ4v) is 3.24. The number of rotatable bonds is 6. The van der Waals surface area contributed by atoms with E-state index in [1.807, 2.05) is 13.8 Å². The van der Waals surface area contributed by atoms with E-state index < -0.39 is 0 Å². The number of anilines is 1. The highest BCUT2D eigenvalue weighted by Gasteiger charge is 2.21. The summed E-state index contributed by atoms with van der Waals surface area (Å²) >= 11 is 5.95. The molecular formula is C18H18ClFN6OS. The summed E-state index contributed by atoms with van der Waals surface area (Å²) in [6, 6.07) is 4.99. The molecule has 28 heavy (non-hydrogen) atoms. The van der Waals surface area contributed by atoms with Crippen molar-refractivity contribution in [3.63, 3.8) is 0 Å². The molecule has 7 nitrogen and oxygen atoms in total. The van der Waals surface area contributed by atoms with E-state index in [1.165, 1.54) is 12.4 Å². The summed E-state index contributed by atoms with van der Waals surface area (Å²) in [5, 5.41) is 14.8. The lowest BCUT2D eigenvalue weighted by atomic mass is 10.1. The van der Waals surface area contributed by atoms with Crippen LogP contribution in [0.15, 0.2) is 30.6 Å². The molecule has 2 aromatic heterocycles. The Morgan fingerprint density at radius 3 is 2.75 bits per heavy atom. The second-order valence-corrected chi connectivity index (χ2v) is 7.28. The van der Waals surface area contributed by atoms with Gasteiger partial charge in [-0.2, -0.15) is 0 Å². The Kier molecular flexibility index (Phi) is 5.85. The largest absolute Gasteiger partial charge is 0.388 e. The van der Waals surface area contributed by atoms with Crippen molar-refractivity contribution >= 4 is 52.4 Å². The van der Waals surface area contributed by atoms with Gasteiger partial charge in [0.05, 0.1) is 17.5 Å². The van der Waals surface area contributed by atoms with E-state index >= 15 is 0 Å². The van der Waals surface area contributed by atoms with E-state index in [1.54, 1.807) is 25.2 Å². The van der Waals surface area contributed by atoms with Gasteiger partial charge >= 0.3 is 0 Å². The van der Waals surface area contributed by atoms with Crippen molar-refractivity contribution < 1.29 is 8.68 Å². The monoisotopic (exact) mass is 420 g/mol. The third-order valence-corrected chi connectivity index (χ3v) is 4.64. The molecule has 1 aromatic carbocycles. The van der Waals surface area contributed by atoms with Crippen LogP contribution in [0.25, 0.3) is 11.2 Å². The minimum absolute atomic E-state index is 0.0705. The lowest BCUT2D eigenvalue weighted by Crippen LogP contribution is -2.30. The molecule has 0 fully saturated rings. The van der Waals surface area contributed by atoms with E-state index in [9.17, 15) is 8.68 Å². The van der Waals surface area contributed by atoms with Gasteiger partial charge in [0.1, 0.15) is 11.2 Å². The Balaban J connectivity index is 2.11. The normalized spacial score (nSPS) is 11.1. The molecule has 3 aromatic rings. The summed E-state index contributed by atoms with van der Waals surface area (Å²) in [5.41, 5.74) is 2.23. The molecule has 0 unspecified atom stereocenters. The van der Waals surface area contributed by atoms with Crippen molar-refractivity contribution in [2.24, 2.45) is 0 Å². The molecule has 0 saturated carbocycles. The van der Waals surface area contributed by atoms with Crippen molar-refractivity contribution in [2.45, 2.75) is 19.9 Å².